The third kappa shape index (κ3) is 6.35. The van der Waals surface area contributed by atoms with Gasteiger partial charge in [-0.3, -0.25) is 4.79 Å². The Hall–Kier alpha value is -2.85. The van der Waals surface area contributed by atoms with Crippen LogP contribution in [0.25, 0.3) is 0 Å². The van der Waals surface area contributed by atoms with E-state index < -0.39 is 0 Å². The Morgan fingerprint density at radius 3 is 2.70 bits per heavy atom. The number of aromatic nitrogens is 3. The van der Waals surface area contributed by atoms with Gasteiger partial charge in [0.05, 0.1) is 17.9 Å². The van der Waals surface area contributed by atoms with Gasteiger partial charge in [0.2, 0.25) is 5.91 Å². The first kappa shape index (κ1) is 27.2. The molecule has 3 aromatic rings. The second-order valence-electron chi connectivity index (χ2n) is 9.23. The van der Waals surface area contributed by atoms with Crippen molar-refractivity contribution >= 4 is 40.0 Å². The summed E-state index contributed by atoms with van der Waals surface area (Å²) >= 11 is 2.80. The zero-order valence-electron chi connectivity index (χ0n) is 22.1. The Labute approximate surface area is 226 Å². The molecular formula is C27H34N4O4S2. The summed E-state index contributed by atoms with van der Waals surface area (Å²) in [4.78, 5) is 26.8. The second-order valence-corrected chi connectivity index (χ2v) is 11.3. The van der Waals surface area contributed by atoms with E-state index in [4.69, 9.17) is 9.47 Å². The number of rotatable bonds is 9. The summed E-state index contributed by atoms with van der Waals surface area (Å²) in [6.45, 7) is 8.14. The van der Waals surface area contributed by atoms with Gasteiger partial charge in [-0.2, -0.15) is 0 Å². The molecule has 1 atom stereocenters. The number of nitrogens with zero attached hydrogens (tertiary/aromatic N) is 3. The number of amides is 1. The maximum atomic E-state index is 12.9. The monoisotopic (exact) mass is 542 g/mol. The third-order valence-electron chi connectivity index (χ3n) is 6.51. The van der Waals surface area contributed by atoms with Crippen molar-refractivity contribution in [1.82, 2.24) is 14.8 Å². The van der Waals surface area contributed by atoms with E-state index >= 15 is 0 Å². The lowest BCUT2D eigenvalue weighted by molar-refractivity contribution is -0.113. The molecule has 1 aliphatic rings. The topological polar surface area (TPSA) is 95.3 Å². The number of hydrogen-bond acceptors (Lipinski definition) is 8. The summed E-state index contributed by atoms with van der Waals surface area (Å²) in [5, 5.41) is 12.7. The van der Waals surface area contributed by atoms with E-state index in [1.165, 1.54) is 33.5 Å². The summed E-state index contributed by atoms with van der Waals surface area (Å²) in [5.74, 6) is 1.03. The molecule has 0 fully saturated rings. The van der Waals surface area contributed by atoms with Crippen LogP contribution in [-0.2, 0) is 29.4 Å². The van der Waals surface area contributed by atoms with Crippen LogP contribution in [0.5, 0.6) is 5.75 Å². The fourth-order valence-electron chi connectivity index (χ4n) is 4.39. The van der Waals surface area contributed by atoms with E-state index in [9.17, 15) is 9.59 Å². The lowest BCUT2D eigenvalue weighted by Crippen LogP contribution is -2.17. The van der Waals surface area contributed by atoms with Crippen molar-refractivity contribution in [1.29, 1.82) is 0 Å². The Morgan fingerprint density at radius 1 is 1.16 bits per heavy atom. The normalized spacial score (nSPS) is 14.0. The molecule has 0 aliphatic heterocycles. The molecule has 0 radical (unpaired) electrons. The van der Waals surface area contributed by atoms with E-state index in [-0.39, 0.29) is 23.7 Å². The molecule has 1 aliphatic carbocycles. The maximum Gasteiger partial charge on any atom is 0.341 e. The Morgan fingerprint density at radius 2 is 1.95 bits per heavy atom. The number of fused-ring (bicyclic) bond motifs is 1. The van der Waals surface area contributed by atoms with Gasteiger partial charge < -0.3 is 19.4 Å². The molecular weight excluding hydrogens is 508 g/mol. The van der Waals surface area contributed by atoms with Crippen molar-refractivity contribution in [3.63, 3.8) is 0 Å². The second kappa shape index (κ2) is 12.1. The van der Waals surface area contributed by atoms with Crippen LogP contribution in [0.3, 0.4) is 0 Å². The lowest BCUT2D eigenvalue weighted by atomic mass is 10.1. The summed E-state index contributed by atoms with van der Waals surface area (Å²) in [6, 6.07) is 5.99. The van der Waals surface area contributed by atoms with Crippen molar-refractivity contribution in [3.8, 4) is 5.75 Å². The number of aryl methyl sites for hydroxylation is 3. The molecule has 2 aromatic heterocycles. The van der Waals surface area contributed by atoms with Gasteiger partial charge in [-0.1, -0.05) is 24.2 Å². The average Bonchev–Trinajstić information content (AvgIpc) is 3.30. The predicted molar refractivity (Wildman–Crippen MR) is 147 cm³/mol. The fourth-order valence-corrected chi connectivity index (χ4v) is 6.40. The molecule has 0 saturated carbocycles. The first-order chi connectivity index (χ1) is 17.8. The van der Waals surface area contributed by atoms with Gasteiger partial charge in [-0.05, 0) is 82.2 Å². The number of esters is 1. The summed E-state index contributed by atoms with van der Waals surface area (Å²) < 4.78 is 13.3. The van der Waals surface area contributed by atoms with Crippen LogP contribution in [0.2, 0.25) is 0 Å². The highest BCUT2D eigenvalue weighted by atomic mass is 32.2. The van der Waals surface area contributed by atoms with E-state index in [0.717, 1.165) is 49.0 Å². The molecule has 8 nitrogen and oxygen atoms in total. The van der Waals surface area contributed by atoms with Gasteiger partial charge in [0.25, 0.3) is 0 Å². The van der Waals surface area contributed by atoms with Gasteiger partial charge >= 0.3 is 5.97 Å². The van der Waals surface area contributed by atoms with Crippen molar-refractivity contribution in [3.05, 3.63) is 51.2 Å². The molecule has 37 heavy (non-hydrogen) atoms. The minimum absolute atomic E-state index is 0.142. The quantitative estimate of drug-likeness (QED) is 0.207. The Kier molecular flexibility index (Phi) is 8.91. The van der Waals surface area contributed by atoms with Crippen LogP contribution in [0.1, 0.15) is 77.0 Å². The number of carbonyl (C=O) groups is 2. The zero-order chi connectivity index (χ0) is 26.5. The number of carbonyl (C=O) groups excluding carboxylic acids is 2. The van der Waals surface area contributed by atoms with E-state index in [1.54, 1.807) is 6.92 Å². The first-order valence-corrected chi connectivity index (χ1v) is 14.5. The van der Waals surface area contributed by atoms with E-state index in [2.05, 4.69) is 29.4 Å². The van der Waals surface area contributed by atoms with E-state index in [0.29, 0.717) is 28.2 Å². The zero-order valence-corrected chi connectivity index (χ0v) is 23.7. The molecule has 0 bridgehead atoms. The predicted octanol–water partition coefficient (Wildman–Crippen LogP) is 5.81. The van der Waals surface area contributed by atoms with Crippen LogP contribution < -0.4 is 10.1 Å². The number of hydrogen-bond donors (Lipinski definition) is 1. The SMILES string of the molecule is CCOC(=O)c1c(NC(=O)CSc2nnc(C(C)Oc3ccc(C)c(C)c3)n2C)sc2c1CCCCC2. The summed E-state index contributed by atoms with van der Waals surface area (Å²) in [5.41, 5.74) is 3.95. The summed E-state index contributed by atoms with van der Waals surface area (Å²) in [7, 11) is 1.87. The van der Waals surface area contributed by atoms with Gasteiger partial charge in [0.15, 0.2) is 17.1 Å². The molecule has 2 heterocycles. The number of thiophene rings is 1. The highest BCUT2D eigenvalue weighted by Gasteiger charge is 2.27. The van der Waals surface area contributed by atoms with Crippen molar-refractivity contribution in [2.24, 2.45) is 7.05 Å². The average molecular weight is 543 g/mol. The molecule has 1 aromatic carbocycles. The number of benzene rings is 1. The molecule has 198 valence electrons. The largest absolute Gasteiger partial charge is 0.483 e. The Balaban J connectivity index is 1.41. The van der Waals surface area contributed by atoms with Crippen LogP contribution in [0, 0.1) is 13.8 Å². The van der Waals surface area contributed by atoms with Crippen LogP contribution in [0.4, 0.5) is 5.00 Å². The molecule has 1 amide bonds. The molecule has 0 spiro atoms. The number of thioether (sulfide) groups is 1. The fraction of sp³-hybridized carbons (Fsp3) is 0.481. The van der Waals surface area contributed by atoms with Gasteiger partial charge in [-0.15, -0.1) is 21.5 Å². The van der Waals surface area contributed by atoms with Crippen molar-refractivity contribution in [2.45, 2.75) is 71.1 Å². The van der Waals surface area contributed by atoms with Crippen molar-refractivity contribution < 1.29 is 19.1 Å². The minimum atomic E-state index is -0.361. The maximum absolute atomic E-state index is 12.9. The van der Waals surface area contributed by atoms with Gasteiger partial charge in [-0.25, -0.2) is 4.79 Å². The third-order valence-corrected chi connectivity index (χ3v) is 8.74. The number of ether oxygens (including phenoxy) is 2. The minimum Gasteiger partial charge on any atom is -0.483 e. The Bertz CT molecular complexity index is 1280. The lowest BCUT2D eigenvalue weighted by Gasteiger charge is -2.15. The first-order valence-electron chi connectivity index (χ1n) is 12.7. The number of nitrogens with one attached hydrogen (secondary N) is 1. The molecule has 10 heteroatoms. The number of anilines is 1. The molecule has 4 rings (SSSR count). The highest BCUT2D eigenvalue weighted by molar-refractivity contribution is 7.99. The molecule has 1 N–H and O–H groups in total. The van der Waals surface area contributed by atoms with Crippen molar-refractivity contribution in [2.75, 3.05) is 17.7 Å². The highest BCUT2D eigenvalue weighted by Crippen LogP contribution is 2.38. The molecule has 1 unspecified atom stereocenters. The standard InChI is InChI=1S/C27H34N4O4S2/c1-6-34-26(33)23-20-10-8-7-9-11-21(20)37-25(23)28-22(32)15-36-27-30-29-24(31(27)5)18(4)35-19-13-12-16(2)17(3)14-19/h12-14,18H,6-11,15H2,1-5H3,(H,28,32). The van der Waals surface area contributed by atoms with Crippen LogP contribution in [0.15, 0.2) is 23.4 Å². The smallest absolute Gasteiger partial charge is 0.341 e. The van der Waals surface area contributed by atoms with E-state index in [1.807, 2.05) is 36.7 Å². The van der Waals surface area contributed by atoms with Crippen LogP contribution in [-0.4, -0.2) is 39.0 Å². The van der Waals surface area contributed by atoms with Crippen LogP contribution >= 0.6 is 23.1 Å². The van der Waals surface area contributed by atoms with Gasteiger partial charge in [0, 0.05) is 11.9 Å². The molecule has 0 saturated heterocycles. The van der Waals surface area contributed by atoms with Gasteiger partial charge in [0.1, 0.15) is 10.8 Å². The summed E-state index contributed by atoms with van der Waals surface area (Å²) in [6.07, 6.45) is 4.75.